The number of hydrogen-bond donors (Lipinski definition) is 3. The van der Waals surface area contributed by atoms with Crippen molar-refractivity contribution in [3.8, 4) is 0 Å². The number of hydrogen-bond acceptors (Lipinski definition) is 11. The molecule has 12 heteroatoms. The van der Waals surface area contributed by atoms with Gasteiger partial charge in [0.2, 0.25) is 0 Å². The molecule has 0 radical (unpaired) electrons. The summed E-state index contributed by atoms with van der Waals surface area (Å²) in [7, 11) is -1.34. The van der Waals surface area contributed by atoms with Gasteiger partial charge >= 0.3 is 5.97 Å². The van der Waals surface area contributed by atoms with Crippen molar-refractivity contribution in [2.75, 3.05) is 6.61 Å². The minimum Gasteiger partial charge on any atom is -0.466 e. The van der Waals surface area contributed by atoms with Crippen LogP contribution in [0.2, 0.25) is 25.7 Å². The van der Waals surface area contributed by atoms with E-state index < -0.39 is 60.9 Å². The first-order valence-corrected chi connectivity index (χ1v) is 27.1. The highest BCUT2D eigenvalue weighted by Crippen LogP contribution is 2.53. The van der Waals surface area contributed by atoms with Crippen molar-refractivity contribution in [2.24, 2.45) is 47.2 Å². The Kier molecular flexibility index (Phi) is 15.6. The van der Waals surface area contributed by atoms with E-state index in [1.807, 2.05) is 53.7 Å². The smallest absolute Gasteiger partial charge is 0.311 e. The van der Waals surface area contributed by atoms with Crippen LogP contribution in [0.25, 0.3) is 0 Å². The lowest BCUT2D eigenvalue weighted by Gasteiger charge is -2.54. The molecule has 59 heavy (non-hydrogen) atoms. The molecular weight excluding hydrogens is 767 g/mol. The summed E-state index contributed by atoms with van der Waals surface area (Å²) < 4.78 is 40.1. The van der Waals surface area contributed by atoms with Crippen LogP contribution < -0.4 is 5.73 Å². The number of ketones is 1. The van der Waals surface area contributed by atoms with Crippen molar-refractivity contribution in [3.63, 3.8) is 0 Å². The van der Waals surface area contributed by atoms with Crippen molar-refractivity contribution < 1.29 is 48.2 Å². The summed E-state index contributed by atoms with van der Waals surface area (Å²) in [5.41, 5.74) is 5.29. The molecule has 5 aliphatic rings. The SMILES string of the molecule is CC[C@@H](C(=O)[C@@H](C)[C@@H](O)[C@H](C)[C@@H]1O[C@@H]([C@@H](CC)C(=O)OCC[Si](C)(C)C)CC[C@@H]1C)[C@H]1O[C@]2(C=C[C@H](N)[C@]3(CC[C@@](C)([C@H]4CC[C@](O)(CC)[C@H](C)O4)O3)O2)[C@H](C)C[C@@H]1C. The largest absolute Gasteiger partial charge is 0.466 e. The second kappa shape index (κ2) is 18.9. The molecule has 4 fully saturated rings. The standard InChI is InChI=1S/C47H83NO10Si/c1-14-34(43(51)53-25-26-59(11,12)13)36-18-17-28(4)41(55-36)32(8)39(49)31(7)40(50)35(15-2)42-29(5)27-30(6)46(56-42)22-19-37(48)47(58-46)24-23-44(10,57-47)38-20-21-45(52,16-3)33(9)54-38/h19,22,28-39,41-42,49,52H,14-18,20-21,23-27,48H2,1-13H3/t28-,29-,30+,31-,32-,33-,34+,35-,36+,37-,38+,39+,41+,42-,44-,45+,46-,47-/m0/s1. The van der Waals surface area contributed by atoms with Gasteiger partial charge in [0.05, 0.1) is 66.4 Å². The van der Waals surface area contributed by atoms with Crippen molar-refractivity contribution in [3.05, 3.63) is 12.2 Å². The van der Waals surface area contributed by atoms with Crippen LogP contribution in [0.1, 0.15) is 133 Å². The molecule has 5 aliphatic heterocycles. The molecule has 0 saturated carbocycles. The van der Waals surface area contributed by atoms with Gasteiger partial charge in [0.25, 0.3) is 0 Å². The lowest BCUT2D eigenvalue weighted by atomic mass is 9.72. The number of Topliss-reactive ketones (excluding diaryl/α,β-unsaturated/α-hetero) is 1. The number of aliphatic hydroxyl groups is 2. The molecule has 340 valence electrons. The first-order valence-electron chi connectivity index (χ1n) is 23.4. The molecule has 2 spiro atoms. The zero-order valence-electron chi connectivity index (χ0n) is 39.0. The van der Waals surface area contributed by atoms with E-state index in [1.54, 1.807) is 0 Å². The predicted molar refractivity (Wildman–Crippen MR) is 232 cm³/mol. The van der Waals surface area contributed by atoms with E-state index in [-0.39, 0.29) is 65.8 Å². The van der Waals surface area contributed by atoms with Gasteiger partial charge in [0.15, 0.2) is 11.6 Å². The molecule has 5 rings (SSSR count). The van der Waals surface area contributed by atoms with Gasteiger partial charge in [-0.3, -0.25) is 9.59 Å². The Morgan fingerprint density at radius 1 is 0.915 bits per heavy atom. The minimum atomic E-state index is -1.34. The monoisotopic (exact) mass is 850 g/mol. The van der Waals surface area contributed by atoms with Gasteiger partial charge < -0.3 is 44.4 Å². The Morgan fingerprint density at radius 3 is 2.20 bits per heavy atom. The maximum absolute atomic E-state index is 14.6. The van der Waals surface area contributed by atoms with E-state index in [0.29, 0.717) is 51.6 Å². The maximum Gasteiger partial charge on any atom is 0.311 e. The summed E-state index contributed by atoms with van der Waals surface area (Å²) in [6, 6.07) is 0.391. The van der Waals surface area contributed by atoms with Crippen LogP contribution in [0.15, 0.2) is 12.2 Å². The highest BCUT2D eigenvalue weighted by Gasteiger charge is 2.62. The number of esters is 1. The van der Waals surface area contributed by atoms with E-state index in [0.717, 1.165) is 25.3 Å². The van der Waals surface area contributed by atoms with Gasteiger partial charge in [-0.05, 0) is 95.6 Å². The number of aliphatic hydroxyl groups excluding tert-OH is 1. The number of rotatable bonds is 15. The molecule has 0 unspecified atom stereocenters. The van der Waals surface area contributed by atoms with Gasteiger partial charge in [0, 0.05) is 38.2 Å². The Morgan fingerprint density at radius 2 is 1.59 bits per heavy atom. The van der Waals surface area contributed by atoms with Crippen LogP contribution in [0.5, 0.6) is 0 Å². The van der Waals surface area contributed by atoms with Crippen LogP contribution in [0, 0.1) is 41.4 Å². The predicted octanol–water partition coefficient (Wildman–Crippen LogP) is 7.95. The molecule has 0 aromatic heterocycles. The Balaban J connectivity index is 1.27. The summed E-state index contributed by atoms with van der Waals surface area (Å²) >= 11 is 0. The molecule has 4 N–H and O–H groups in total. The number of ether oxygens (including phenoxy) is 6. The average molecular weight is 850 g/mol. The zero-order valence-corrected chi connectivity index (χ0v) is 40.0. The molecular formula is C47H83NO10Si. The fourth-order valence-corrected chi connectivity index (χ4v) is 11.8. The molecule has 5 heterocycles. The summed E-state index contributed by atoms with van der Waals surface area (Å²) in [6.45, 7) is 27.5. The molecule has 0 aliphatic carbocycles. The minimum absolute atomic E-state index is 0.0303. The average Bonchev–Trinajstić information content (AvgIpc) is 3.53. The van der Waals surface area contributed by atoms with E-state index >= 15 is 0 Å². The van der Waals surface area contributed by atoms with Crippen LogP contribution >= 0.6 is 0 Å². The molecule has 0 aromatic carbocycles. The molecule has 18 atom stereocenters. The Bertz CT molecular complexity index is 1470. The lowest BCUT2D eigenvalue weighted by molar-refractivity contribution is -0.396. The second-order valence-corrected chi connectivity index (χ2v) is 26.8. The van der Waals surface area contributed by atoms with E-state index in [1.165, 1.54) is 0 Å². The molecule has 11 nitrogen and oxygen atoms in total. The third-order valence-electron chi connectivity index (χ3n) is 15.6. The third kappa shape index (κ3) is 10.1. The molecule has 4 saturated heterocycles. The summed E-state index contributed by atoms with van der Waals surface area (Å²) in [6.07, 6.45) is 8.06. The van der Waals surface area contributed by atoms with Crippen LogP contribution in [-0.2, 0) is 38.0 Å². The van der Waals surface area contributed by atoms with E-state index in [2.05, 4.69) is 47.3 Å². The van der Waals surface area contributed by atoms with Crippen molar-refractivity contribution in [1.29, 1.82) is 0 Å². The van der Waals surface area contributed by atoms with Gasteiger partial charge in [0.1, 0.15) is 5.78 Å². The van der Waals surface area contributed by atoms with E-state index in [4.69, 9.17) is 34.2 Å². The van der Waals surface area contributed by atoms with Crippen LogP contribution in [0.4, 0.5) is 0 Å². The number of nitrogens with two attached hydrogens (primary N) is 1. The maximum atomic E-state index is 14.6. The number of carbonyl (C=O) groups excluding carboxylic acids is 2. The Hall–Kier alpha value is -1.22. The fourth-order valence-electron chi connectivity index (χ4n) is 11.1. The second-order valence-electron chi connectivity index (χ2n) is 21.1. The van der Waals surface area contributed by atoms with E-state index in [9.17, 15) is 19.8 Å². The molecule has 0 bridgehead atoms. The molecule has 0 aromatic rings. The quantitative estimate of drug-likeness (QED) is 0.0835. The Labute approximate surface area is 357 Å². The van der Waals surface area contributed by atoms with Gasteiger partial charge in [-0.1, -0.05) is 81.1 Å². The summed E-state index contributed by atoms with van der Waals surface area (Å²) in [5.74, 6) is -4.22. The topological polar surface area (TPSA) is 156 Å². The first-order chi connectivity index (χ1) is 27.5. The van der Waals surface area contributed by atoms with Gasteiger partial charge in [-0.15, -0.1) is 0 Å². The lowest BCUT2D eigenvalue weighted by Crippen LogP contribution is -2.64. The highest BCUT2D eigenvalue weighted by atomic mass is 28.3. The first kappa shape index (κ1) is 48.8. The van der Waals surface area contributed by atoms with Crippen molar-refractivity contribution in [1.82, 2.24) is 0 Å². The summed E-state index contributed by atoms with van der Waals surface area (Å²) in [5, 5.41) is 23.1. The van der Waals surface area contributed by atoms with Crippen LogP contribution in [0.3, 0.4) is 0 Å². The third-order valence-corrected chi connectivity index (χ3v) is 17.3. The van der Waals surface area contributed by atoms with Crippen molar-refractivity contribution in [2.45, 2.75) is 225 Å². The fraction of sp³-hybridized carbons (Fsp3) is 0.915. The van der Waals surface area contributed by atoms with Crippen molar-refractivity contribution >= 4 is 19.8 Å². The van der Waals surface area contributed by atoms with Gasteiger partial charge in [-0.2, -0.15) is 0 Å². The normalized spacial score (nSPS) is 42.9. The zero-order chi connectivity index (χ0) is 43.9. The summed E-state index contributed by atoms with van der Waals surface area (Å²) in [4.78, 5) is 27.9. The number of carbonyl (C=O) groups is 2. The molecule has 0 amide bonds. The van der Waals surface area contributed by atoms with Crippen LogP contribution in [-0.4, -0.2) is 102 Å². The highest BCUT2D eigenvalue weighted by molar-refractivity contribution is 6.76. The van der Waals surface area contributed by atoms with Gasteiger partial charge in [-0.25, -0.2) is 0 Å².